The summed E-state index contributed by atoms with van der Waals surface area (Å²) in [5.74, 6) is 1.75. The first kappa shape index (κ1) is 14.2. The third-order valence-electron chi connectivity index (χ3n) is 4.13. The maximum atomic E-state index is 11.9. The molecule has 2 atom stereocenters. The highest BCUT2D eigenvalue weighted by atomic mass is 32.2. The van der Waals surface area contributed by atoms with Gasteiger partial charge in [-0.2, -0.15) is 11.8 Å². The number of rotatable bonds is 3. The fourth-order valence-electron chi connectivity index (χ4n) is 2.89. The van der Waals surface area contributed by atoms with Crippen LogP contribution in [0.1, 0.15) is 40.0 Å². The number of carbonyl (C=O) groups excluding carboxylic acids is 1. The number of amides is 1. The van der Waals surface area contributed by atoms with Crippen LogP contribution >= 0.6 is 11.8 Å². The van der Waals surface area contributed by atoms with Crippen LogP contribution < -0.4 is 5.32 Å². The lowest BCUT2D eigenvalue weighted by atomic mass is 10.0. The van der Waals surface area contributed by atoms with Crippen LogP contribution in [-0.2, 0) is 4.79 Å². The number of carbonyl (C=O) groups is 1. The van der Waals surface area contributed by atoms with Crippen molar-refractivity contribution in [3.63, 3.8) is 0 Å². The van der Waals surface area contributed by atoms with Gasteiger partial charge in [-0.3, -0.25) is 4.79 Å². The summed E-state index contributed by atoms with van der Waals surface area (Å²) in [6.07, 6.45) is 3.54. The molecule has 0 bridgehead atoms. The average Bonchev–Trinajstić information content (AvgIpc) is 2.75. The molecule has 4 heteroatoms. The Kier molecular flexibility index (Phi) is 4.96. The van der Waals surface area contributed by atoms with Gasteiger partial charge in [-0.1, -0.05) is 20.8 Å². The van der Waals surface area contributed by atoms with Crippen LogP contribution in [0.3, 0.4) is 0 Å². The van der Waals surface area contributed by atoms with Crippen molar-refractivity contribution in [2.45, 2.75) is 57.4 Å². The van der Waals surface area contributed by atoms with Crippen molar-refractivity contribution in [1.82, 2.24) is 10.2 Å². The third-order valence-corrected chi connectivity index (χ3v) is 5.45. The molecule has 2 aliphatic heterocycles. The van der Waals surface area contributed by atoms with Crippen molar-refractivity contribution in [2.24, 2.45) is 5.92 Å². The molecule has 0 aromatic rings. The van der Waals surface area contributed by atoms with E-state index in [1.165, 1.54) is 12.2 Å². The van der Waals surface area contributed by atoms with Gasteiger partial charge in [-0.25, -0.2) is 0 Å². The van der Waals surface area contributed by atoms with Gasteiger partial charge in [0.05, 0.1) is 0 Å². The summed E-state index contributed by atoms with van der Waals surface area (Å²) < 4.78 is 0. The van der Waals surface area contributed by atoms with E-state index in [1.807, 2.05) is 18.7 Å². The number of nitrogens with zero attached hydrogens (tertiary/aromatic N) is 1. The molecule has 0 spiro atoms. The van der Waals surface area contributed by atoms with E-state index in [1.54, 1.807) is 0 Å². The summed E-state index contributed by atoms with van der Waals surface area (Å²) in [6, 6.07) is 1.31. The Morgan fingerprint density at radius 1 is 1.28 bits per heavy atom. The molecular formula is C14H26N2OS. The Hall–Kier alpha value is -0.220. The van der Waals surface area contributed by atoms with Crippen molar-refractivity contribution in [1.29, 1.82) is 0 Å². The Labute approximate surface area is 115 Å². The minimum absolute atomic E-state index is 0.140. The minimum Gasteiger partial charge on any atom is -0.342 e. The van der Waals surface area contributed by atoms with Crippen molar-refractivity contribution < 1.29 is 4.79 Å². The molecule has 2 heterocycles. The summed E-state index contributed by atoms with van der Waals surface area (Å²) in [4.78, 5) is 13.9. The van der Waals surface area contributed by atoms with Crippen LogP contribution in [0.5, 0.6) is 0 Å². The van der Waals surface area contributed by atoms with Gasteiger partial charge in [-0.15, -0.1) is 0 Å². The Balaban J connectivity index is 1.75. The van der Waals surface area contributed by atoms with E-state index in [0.717, 1.165) is 31.2 Å². The number of piperidine rings is 1. The van der Waals surface area contributed by atoms with Crippen LogP contribution in [0.4, 0.5) is 0 Å². The van der Waals surface area contributed by atoms with Gasteiger partial charge in [0.2, 0.25) is 5.91 Å². The van der Waals surface area contributed by atoms with E-state index in [-0.39, 0.29) is 5.92 Å². The van der Waals surface area contributed by atoms with Crippen molar-refractivity contribution in [3.05, 3.63) is 0 Å². The molecule has 0 radical (unpaired) electrons. The maximum absolute atomic E-state index is 11.9. The van der Waals surface area contributed by atoms with Gasteiger partial charge < -0.3 is 10.2 Å². The predicted octanol–water partition coefficient (Wildman–Crippen LogP) is 2.12. The third kappa shape index (κ3) is 3.41. The van der Waals surface area contributed by atoms with Gasteiger partial charge in [0.15, 0.2) is 0 Å². The zero-order chi connectivity index (χ0) is 13.1. The first-order valence-corrected chi connectivity index (χ1v) is 8.29. The molecule has 18 heavy (non-hydrogen) atoms. The molecule has 0 aliphatic carbocycles. The number of hydrogen-bond acceptors (Lipinski definition) is 3. The molecule has 1 N–H and O–H groups in total. The molecule has 0 aromatic heterocycles. The number of likely N-dealkylation sites (tertiary alicyclic amines) is 1. The van der Waals surface area contributed by atoms with Crippen LogP contribution in [0.2, 0.25) is 0 Å². The zero-order valence-electron chi connectivity index (χ0n) is 11.8. The van der Waals surface area contributed by atoms with Gasteiger partial charge in [0, 0.05) is 36.3 Å². The minimum atomic E-state index is 0.140. The highest BCUT2D eigenvalue weighted by Crippen LogP contribution is 2.27. The van der Waals surface area contributed by atoms with Gasteiger partial charge in [-0.05, 0) is 25.0 Å². The molecule has 2 saturated heterocycles. The molecule has 104 valence electrons. The summed E-state index contributed by atoms with van der Waals surface area (Å²) >= 11 is 2.08. The molecule has 2 rings (SSSR count). The topological polar surface area (TPSA) is 32.3 Å². The van der Waals surface area contributed by atoms with Crippen molar-refractivity contribution >= 4 is 17.7 Å². The predicted molar refractivity (Wildman–Crippen MR) is 77.9 cm³/mol. The van der Waals surface area contributed by atoms with Crippen molar-refractivity contribution in [3.8, 4) is 0 Å². The van der Waals surface area contributed by atoms with E-state index >= 15 is 0 Å². The number of thioether (sulfide) groups is 1. The quantitative estimate of drug-likeness (QED) is 0.852. The van der Waals surface area contributed by atoms with Crippen LogP contribution in [0, 0.1) is 5.92 Å². The van der Waals surface area contributed by atoms with E-state index in [0.29, 0.717) is 18.0 Å². The fourth-order valence-corrected chi connectivity index (χ4v) is 4.09. The van der Waals surface area contributed by atoms with Gasteiger partial charge in [0.25, 0.3) is 0 Å². The molecule has 2 aliphatic rings. The SMILES string of the molecule is CC(C)C(=O)N1CCC(NC2CCSC2C)CC1. The summed E-state index contributed by atoms with van der Waals surface area (Å²) in [5, 5.41) is 4.55. The van der Waals surface area contributed by atoms with Gasteiger partial charge in [0.1, 0.15) is 0 Å². The second-order valence-electron chi connectivity index (χ2n) is 5.89. The molecule has 0 saturated carbocycles. The number of hydrogen-bond donors (Lipinski definition) is 1. The molecule has 3 nitrogen and oxygen atoms in total. The first-order valence-electron chi connectivity index (χ1n) is 7.24. The normalized spacial score (nSPS) is 30.1. The lowest BCUT2D eigenvalue weighted by Gasteiger charge is -2.35. The largest absolute Gasteiger partial charge is 0.342 e. The molecule has 1 amide bonds. The van der Waals surface area contributed by atoms with E-state index < -0.39 is 0 Å². The summed E-state index contributed by atoms with van der Waals surface area (Å²) in [5.41, 5.74) is 0. The van der Waals surface area contributed by atoms with Crippen LogP contribution in [0.25, 0.3) is 0 Å². The monoisotopic (exact) mass is 270 g/mol. The Morgan fingerprint density at radius 2 is 1.94 bits per heavy atom. The highest BCUT2D eigenvalue weighted by molar-refractivity contribution is 8.00. The molecule has 2 unspecified atom stereocenters. The summed E-state index contributed by atoms with van der Waals surface area (Å²) in [6.45, 7) is 8.17. The first-order chi connectivity index (χ1) is 8.58. The van der Waals surface area contributed by atoms with E-state index in [9.17, 15) is 4.79 Å². The molecule has 0 aromatic carbocycles. The van der Waals surface area contributed by atoms with Gasteiger partial charge >= 0.3 is 0 Å². The standard InChI is InChI=1S/C14H26N2OS/c1-10(2)14(17)16-7-4-12(5-8-16)15-13-6-9-18-11(13)3/h10-13,15H,4-9H2,1-3H3. The van der Waals surface area contributed by atoms with E-state index in [2.05, 4.69) is 24.0 Å². The fraction of sp³-hybridized carbons (Fsp3) is 0.929. The molecular weight excluding hydrogens is 244 g/mol. The van der Waals surface area contributed by atoms with Crippen LogP contribution in [-0.4, -0.2) is 47.0 Å². The Bertz CT molecular complexity index is 288. The Morgan fingerprint density at radius 3 is 2.44 bits per heavy atom. The highest BCUT2D eigenvalue weighted by Gasteiger charge is 2.29. The smallest absolute Gasteiger partial charge is 0.225 e. The lowest BCUT2D eigenvalue weighted by molar-refractivity contribution is -0.135. The summed E-state index contributed by atoms with van der Waals surface area (Å²) in [7, 11) is 0. The second-order valence-corrected chi connectivity index (χ2v) is 7.38. The van der Waals surface area contributed by atoms with Crippen LogP contribution in [0.15, 0.2) is 0 Å². The van der Waals surface area contributed by atoms with Crippen molar-refractivity contribution in [2.75, 3.05) is 18.8 Å². The maximum Gasteiger partial charge on any atom is 0.225 e. The lowest BCUT2D eigenvalue weighted by Crippen LogP contribution is -2.49. The average molecular weight is 270 g/mol. The van der Waals surface area contributed by atoms with E-state index in [4.69, 9.17) is 0 Å². The zero-order valence-corrected chi connectivity index (χ0v) is 12.6. The second kappa shape index (κ2) is 6.29. The number of nitrogens with one attached hydrogen (secondary N) is 1. The molecule has 2 fully saturated rings.